The van der Waals surface area contributed by atoms with Crippen LogP contribution in [0.1, 0.15) is 85.5 Å². The zero-order valence-corrected chi connectivity index (χ0v) is 18.1. The fraction of sp³-hybridized carbons (Fsp3) is 0.864. The Morgan fingerprint density at radius 1 is 1.18 bits per heavy atom. The summed E-state index contributed by atoms with van der Waals surface area (Å²) < 4.78 is 5.32. The highest BCUT2D eigenvalue weighted by atomic mass is 16.5. The monoisotopic (exact) mass is 394 g/mol. The van der Waals surface area contributed by atoms with Crippen LogP contribution >= 0.6 is 0 Å². The second kappa shape index (κ2) is 10.3. The highest BCUT2D eigenvalue weighted by Crippen LogP contribution is 2.51. The Bertz CT molecular complexity index is 565. The minimum atomic E-state index is -0.902. The number of unbranched alkanes of at least 4 members (excludes halogenated alkanes) is 3. The van der Waals surface area contributed by atoms with Crippen molar-refractivity contribution in [2.24, 2.45) is 11.8 Å². The van der Waals surface area contributed by atoms with Gasteiger partial charge in [-0.3, -0.25) is 9.59 Å². The SMILES string of the molecule is CCCCCCC(C)[C@@H]1CC1(NC(=O)[C@@H]1CCCN1C(=O)CC)C(=O)OCC. The van der Waals surface area contributed by atoms with Gasteiger partial charge in [-0.15, -0.1) is 0 Å². The molecule has 0 aromatic rings. The minimum Gasteiger partial charge on any atom is -0.464 e. The van der Waals surface area contributed by atoms with Crippen molar-refractivity contribution in [2.75, 3.05) is 13.2 Å². The largest absolute Gasteiger partial charge is 0.464 e. The van der Waals surface area contributed by atoms with Gasteiger partial charge in [0.15, 0.2) is 0 Å². The van der Waals surface area contributed by atoms with Crippen LogP contribution in [0.2, 0.25) is 0 Å². The molecule has 0 bridgehead atoms. The van der Waals surface area contributed by atoms with Crippen LogP contribution in [0.25, 0.3) is 0 Å². The van der Waals surface area contributed by atoms with Crippen molar-refractivity contribution in [3.05, 3.63) is 0 Å². The van der Waals surface area contributed by atoms with Crippen molar-refractivity contribution >= 4 is 17.8 Å². The van der Waals surface area contributed by atoms with Crippen molar-refractivity contribution in [2.45, 2.75) is 97.1 Å². The summed E-state index contributed by atoms with van der Waals surface area (Å²) in [5, 5.41) is 3.03. The van der Waals surface area contributed by atoms with Gasteiger partial charge < -0.3 is 15.0 Å². The molecule has 6 heteroatoms. The molecule has 2 aliphatic rings. The first-order valence-electron chi connectivity index (χ1n) is 11.2. The van der Waals surface area contributed by atoms with Gasteiger partial charge in [0, 0.05) is 13.0 Å². The van der Waals surface area contributed by atoms with Gasteiger partial charge in [0.2, 0.25) is 11.8 Å². The van der Waals surface area contributed by atoms with Gasteiger partial charge in [-0.05, 0) is 38.0 Å². The standard InChI is InChI=1S/C22H38N2O4/c1-5-8-9-10-12-16(4)17-15-22(17,21(27)28-7-3)23-20(26)18-13-11-14-24(18)19(25)6-2/h16-18H,5-15H2,1-4H3,(H,23,26)/t16?,17-,18-,22?/m0/s1. The molecule has 2 unspecified atom stereocenters. The predicted octanol–water partition coefficient (Wildman–Crippen LogP) is 3.43. The van der Waals surface area contributed by atoms with Crippen LogP contribution in [0.15, 0.2) is 0 Å². The number of hydrogen-bond donors (Lipinski definition) is 1. The molecular formula is C22H38N2O4. The maximum atomic E-state index is 13.0. The normalized spacial score (nSPS) is 27.4. The fourth-order valence-electron chi connectivity index (χ4n) is 4.60. The van der Waals surface area contributed by atoms with Crippen molar-refractivity contribution < 1.29 is 19.1 Å². The van der Waals surface area contributed by atoms with E-state index in [2.05, 4.69) is 19.2 Å². The first kappa shape index (κ1) is 22.7. The van der Waals surface area contributed by atoms with Gasteiger partial charge in [0.05, 0.1) is 6.61 Å². The van der Waals surface area contributed by atoms with Crippen molar-refractivity contribution in [3.8, 4) is 0 Å². The summed E-state index contributed by atoms with van der Waals surface area (Å²) in [7, 11) is 0. The molecule has 1 aliphatic heterocycles. The Morgan fingerprint density at radius 3 is 2.57 bits per heavy atom. The molecule has 1 saturated heterocycles. The summed E-state index contributed by atoms with van der Waals surface area (Å²) in [6, 6.07) is -0.458. The molecule has 0 aromatic heterocycles. The Kier molecular flexibility index (Phi) is 8.32. The molecule has 2 rings (SSSR count). The molecule has 160 valence electrons. The van der Waals surface area contributed by atoms with Gasteiger partial charge in [-0.2, -0.15) is 0 Å². The number of rotatable bonds is 11. The van der Waals surface area contributed by atoms with E-state index < -0.39 is 11.6 Å². The fourth-order valence-corrected chi connectivity index (χ4v) is 4.60. The Morgan fingerprint density at radius 2 is 1.93 bits per heavy atom. The van der Waals surface area contributed by atoms with Gasteiger partial charge in [0.25, 0.3) is 0 Å². The number of nitrogens with one attached hydrogen (secondary N) is 1. The minimum absolute atomic E-state index is 0.000487. The van der Waals surface area contributed by atoms with E-state index in [9.17, 15) is 14.4 Å². The molecule has 1 aliphatic carbocycles. The number of esters is 1. The molecule has 4 atom stereocenters. The molecule has 1 saturated carbocycles. The Hall–Kier alpha value is -1.59. The van der Waals surface area contributed by atoms with Crippen molar-refractivity contribution in [1.82, 2.24) is 10.2 Å². The second-order valence-corrected chi connectivity index (χ2v) is 8.42. The summed E-state index contributed by atoms with van der Waals surface area (Å²) in [5.41, 5.74) is -0.902. The lowest BCUT2D eigenvalue weighted by atomic mass is 9.94. The highest BCUT2D eigenvalue weighted by Gasteiger charge is 2.64. The molecule has 0 spiro atoms. The van der Waals surface area contributed by atoms with E-state index in [1.54, 1.807) is 11.8 Å². The zero-order chi connectivity index (χ0) is 20.7. The molecule has 2 amide bonds. The van der Waals surface area contributed by atoms with Crippen LogP contribution in [-0.4, -0.2) is 47.4 Å². The first-order chi connectivity index (χ1) is 13.4. The molecule has 28 heavy (non-hydrogen) atoms. The van der Waals surface area contributed by atoms with E-state index >= 15 is 0 Å². The first-order valence-corrected chi connectivity index (χ1v) is 11.2. The summed E-state index contributed by atoms with van der Waals surface area (Å²) in [5.74, 6) is -0.0417. The van der Waals surface area contributed by atoms with Gasteiger partial charge in [0.1, 0.15) is 11.6 Å². The van der Waals surface area contributed by atoms with Crippen molar-refractivity contribution in [1.29, 1.82) is 0 Å². The number of nitrogens with zero attached hydrogens (tertiary/aromatic N) is 1. The lowest BCUT2D eigenvalue weighted by molar-refractivity contribution is -0.150. The van der Waals surface area contributed by atoms with E-state index in [-0.39, 0.29) is 23.7 Å². The molecule has 6 nitrogen and oxygen atoms in total. The summed E-state index contributed by atoms with van der Waals surface area (Å²) in [6.07, 6.45) is 8.38. The second-order valence-electron chi connectivity index (χ2n) is 8.42. The van der Waals surface area contributed by atoms with Gasteiger partial charge in [-0.1, -0.05) is 52.9 Å². The van der Waals surface area contributed by atoms with Crippen LogP contribution in [0, 0.1) is 11.8 Å². The van der Waals surface area contributed by atoms with E-state index in [1.165, 1.54) is 19.3 Å². The quantitative estimate of drug-likeness (QED) is 0.430. The molecule has 1 heterocycles. The summed E-state index contributed by atoms with van der Waals surface area (Å²) in [6.45, 7) is 8.89. The third kappa shape index (κ3) is 5.06. The third-order valence-corrected chi connectivity index (χ3v) is 6.38. The average molecular weight is 395 g/mol. The number of carbonyl (C=O) groups is 3. The van der Waals surface area contributed by atoms with Gasteiger partial charge >= 0.3 is 5.97 Å². The van der Waals surface area contributed by atoms with E-state index in [1.807, 2.05) is 6.92 Å². The zero-order valence-electron chi connectivity index (χ0n) is 18.1. The molecule has 1 N–H and O–H groups in total. The number of carbonyl (C=O) groups excluding carboxylic acids is 3. The highest BCUT2D eigenvalue weighted by molar-refractivity contribution is 5.95. The average Bonchev–Trinajstić information content (AvgIpc) is 3.20. The molecule has 0 aromatic carbocycles. The number of ether oxygens (including phenoxy) is 1. The summed E-state index contributed by atoms with van der Waals surface area (Å²) in [4.78, 5) is 39.5. The summed E-state index contributed by atoms with van der Waals surface area (Å²) >= 11 is 0. The third-order valence-electron chi connectivity index (χ3n) is 6.38. The molecule has 0 radical (unpaired) electrons. The van der Waals surface area contributed by atoms with Crippen LogP contribution in [0.5, 0.6) is 0 Å². The molecule has 2 fully saturated rings. The van der Waals surface area contributed by atoms with Crippen LogP contribution in [-0.2, 0) is 19.1 Å². The Balaban J connectivity index is 2.03. The predicted molar refractivity (Wildman–Crippen MR) is 109 cm³/mol. The van der Waals surface area contributed by atoms with Crippen LogP contribution < -0.4 is 5.32 Å². The van der Waals surface area contributed by atoms with E-state index in [0.717, 1.165) is 19.3 Å². The van der Waals surface area contributed by atoms with Crippen LogP contribution in [0.3, 0.4) is 0 Å². The lowest BCUT2D eigenvalue weighted by Crippen LogP contribution is -2.53. The van der Waals surface area contributed by atoms with E-state index in [4.69, 9.17) is 4.74 Å². The van der Waals surface area contributed by atoms with Crippen molar-refractivity contribution in [3.63, 3.8) is 0 Å². The number of amides is 2. The molecular weight excluding hydrogens is 356 g/mol. The number of hydrogen-bond acceptors (Lipinski definition) is 4. The van der Waals surface area contributed by atoms with Gasteiger partial charge in [-0.25, -0.2) is 4.79 Å². The maximum Gasteiger partial charge on any atom is 0.332 e. The lowest BCUT2D eigenvalue weighted by Gasteiger charge is -2.27. The number of likely N-dealkylation sites (tertiary alicyclic amines) is 1. The maximum absolute atomic E-state index is 13.0. The topological polar surface area (TPSA) is 75.7 Å². The Labute approximate surface area is 169 Å². The van der Waals surface area contributed by atoms with Crippen LogP contribution in [0.4, 0.5) is 0 Å². The smallest absolute Gasteiger partial charge is 0.332 e. The van der Waals surface area contributed by atoms with E-state index in [0.29, 0.717) is 38.3 Å².